The van der Waals surface area contributed by atoms with E-state index >= 15 is 0 Å². The molecule has 0 radical (unpaired) electrons. The fraction of sp³-hybridized carbons (Fsp3) is 0.300. The molecule has 2 heterocycles. The Balaban J connectivity index is 1.51. The summed E-state index contributed by atoms with van der Waals surface area (Å²) >= 11 is 13.4. The molecule has 3 aromatic rings. The zero-order valence-electron chi connectivity index (χ0n) is 15.9. The molecule has 1 saturated heterocycles. The van der Waals surface area contributed by atoms with E-state index in [0.717, 1.165) is 30.4 Å². The Kier molecular flexibility index (Phi) is 6.31. The molecule has 1 N–H and O–H groups in total. The van der Waals surface area contributed by atoms with Gasteiger partial charge in [0.05, 0.1) is 14.6 Å². The van der Waals surface area contributed by atoms with Gasteiger partial charge in [0, 0.05) is 23.7 Å². The number of carbonyl (C=O) groups is 1. The van der Waals surface area contributed by atoms with E-state index in [4.69, 9.17) is 23.2 Å². The zero-order chi connectivity index (χ0) is 21.3. The zero-order valence-corrected chi connectivity index (χ0v) is 19.0. The van der Waals surface area contributed by atoms with Crippen molar-refractivity contribution in [2.45, 2.75) is 30.6 Å². The van der Waals surface area contributed by atoms with Gasteiger partial charge >= 0.3 is 0 Å². The number of thiazole rings is 1. The number of hydrogen-bond acceptors (Lipinski definition) is 5. The van der Waals surface area contributed by atoms with E-state index in [1.165, 1.54) is 39.9 Å². The van der Waals surface area contributed by atoms with Crippen molar-refractivity contribution in [3.63, 3.8) is 0 Å². The fourth-order valence-corrected chi connectivity index (χ4v) is 6.49. The van der Waals surface area contributed by atoms with E-state index in [2.05, 4.69) is 10.3 Å². The fourth-order valence-electron chi connectivity index (χ4n) is 3.39. The number of anilines is 1. The van der Waals surface area contributed by atoms with Gasteiger partial charge in [0.2, 0.25) is 10.0 Å². The lowest BCUT2D eigenvalue weighted by Crippen LogP contribution is -2.31. The highest BCUT2D eigenvalue weighted by molar-refractivity contribution is 7.89. The number of halogens is 2. The third-order valence-electron chi connectivity index (χ3n) is 4.95. The van der Waals surface area contributed by atoms with Crippen LogP contribution in [-0.4, -0.2) is 36.7 Å². The van der Waals surface area contributed by atoms with Crippen LogP contribution >= 0.6 is 34.5 Å². The monoisotopic (exact) mass is 483 g/mol. The van der Waals surface area contributed by atoms with E-state index < -0.39 is 10.0 Å². The first-order valence-corrected chi connectivity index (χ1v) is 12.5. The Morgan fingerprint density at radius 1 is 1.03 bits per heavy atom. The molecule has 2 aromatic carbocycles. The Morgan fingerprint density at radius 3 is 2.37 bits per heavy atom. The molecule has 0 aliphatic carbocycles. The lowest BCUT2D eigenvalue weighted by atomic mass is 10.2. The number of carbonyl (C=O) groups excluding carboxylic acids is 1. The quantitative estimate of drug-likeness (QED) is 0.536. The highest BCUT2D eigenvalue weighted by atomic mass is 35.5. The van der Waals surface area contributed by atoms with Gasteiger partial charge in [-0.15, -0.1) is 0 Å². The van der Waals surface area contributed by atoms with Crippen LogP contribution in [0.2, 0.25) is 10.0 Å². The second-order valence-corrected chi connectivity index (χ2v) is 10.9. The Labute approximate surface area is 188 Å². The maximum absolute atomic E-state index is 12.9. The van der Waals surface area contributed by atoms with Gasteiger partial charge in [0.25, 0.3) is 5.91 Å². The molecule has 30 heavy (non-hydrogen) atoms. The number of rotatable bonds is 4. The molecule has 0 saturated carbocycles. The summed E-state index contributed by atoms with van der Waals surface area (Å²) in [6, 6.07) is 9.31. The third-order valence-corrected chi connectivity index (χ3v) is 8.29. The molecule has 1 aliphatic rings. The largest absolute Gasteiger partial charge is 0.298 e. The van der Waals surface area contributed by atoms with Crippen LogP contribution in [0.1, 0.15) is 36.0 Å². The van der Waals surface area contributed by atoms with Gasteiger partial charge in [0.15, 0.2) is 5.13 Å². The van der Waals surface area contributed by atoms with Crippen LogP contribution in [-0.2, 0) is 10.0 Å². The van der Waals surface area contributed by atoms with Gasteiger partial charge in [-0.05, 0) is 49.2 Å². The van der Waals surface area contributed by atoms with Crippen LogP contribution in [0.3, 0.4) is 0 Å². The second-order valence-electron chi connectivity index (χ2n) is 7.05. The highest BCUT2D eigenvalue weighted by Crippen LogP contribution is 2.34. The molecule has 0 atom stereocenters. The Hall–Kier alpha value is -1.71. The number of amides is 1. The molecule has 1 amide bonds. The SMILES string of the molecule is O=C(Nc1nc2c(Cl)cc(Cl)cc2s1)c1ccc(S(=O)(=O)N2CCCCCC2)cc1. The van der Waals surface area contributed by atoms with E-state index in [1.807, 2.05) is 0 Å². The molecule has 0 bridgehead atoms. The van der Waals surface area contributed by atoms with Crippen molar-refractivity contribution in [2.75, 3.05) is 18.4 Å². The molecule has 1 aliphatic heterocycles. The van der Waals surface area contributed by atoms with Crippen molar-refractivity contribution in [3.05, 3.63) is 52.0 Å². The van der Waals surface area contributed by atoms with Gasteiger partial charge in [-0.1, -0.05) is 47.4 Å². The number of sulfonamides is 1. The average Bonchev–Trinajstić information content (AvgIpc) is 2.92. The smallest absolute Gasteiger partial charge is 0.257 e. The van der Waals surface area contributed by atoms with Gasteiger partial charge in [-0.3, -0.25) is 10.1 Å². The van der Waals surface area contributed by atoms with Crippen LogP contribution < -0.4 is 5.32 Å². The summed E-state index contributed by atoms with van der Waals surface area (Å²) in [5.41, 5.74) is 0.911. The summed E-state index contributed by atoms with van der Waals surface area (Å²) in [4.78, 5) is 17.1. The summed E-state index contributed by atoms with van der Waals surface area (Å²) in [7, 11) is -3.55. The van der Waals surface area contributed by atoms with Crippen LogP contribution in [0.25, 0.3) is 10.2 Å². The first-order valence-electron chi connectivity index (χ1n) is 9.52. The van der Waals surface area contributed by atoms with Crippen molar-refractivity contribution in [3.8, 4) is 0 Å². The summed E-state index contributed by atoms with van der Waals surface area (Å²) in [5.74, 6) is -0.380. The van der Waals surface area contributed by atoms with Crippen molar-refractivity contribution in [1.29, 1.82) is 0 Å². The predicted molar refractivity (Wildman–Crippen MR) is 121 cm³/mol. The molecule has 158 valence electrons. The van der Waals surface area contributed by atoms with Gasteiger partial charge in [-0.25, -0.2) is 13.4 Å². The Bertz CT molecular complexity index is 1190. The third kappa shape index (κ3) is 4.48. The summed E-state index contributed by atoms with van der Waals surface area (Å²) < 4.78 is 28.0. The molecular weight excluding hydrogens is 465 g/mol. The summed E-state index contributed by atoms with van der Waals surface area (Å²) in [5, 5.41) is 4.03. The number of nitrogens with zero attached hydrogens (tertiary/aromatic N) is 2. The van der Waals surface area contributed by atoms with Gasteiger partial charge in [0.1, 0.15) is 5.52 Å². The molecule has 4 rings (SSSR count). The first kappa shape index (κ1) is 21.5. The van der Waals surface area contributed by atoms with E-state index in [0.29, 0.717) is 39.3 Å². The molecule has 1 aromatic heterocycles. The van der Waals surface area contributed by atoms with Crippen molar-refractivity contribution in [1.82, 2.24) is 9.29 Å². The topological polar surface area (TPSA) is 79.4 Å². The molecule has 10 heteroatoms. The van der Waals surface area contributed by atoms with E-state index in [-0.39, 0.29) is 10.8 Å². The molecule has 0 spiro atoms. The van der Waals surface area contributed by atoms with Crippen LogP contribution in [0.4, 0.5) is 5.13 Å². The van der Waals surface area contributed by atoms with Crippen LogP contribution in [0, 0.1) is 0 Å². The number of hydrogen-bond donors (Lipinski definition) is 1. The van der Waals surface area contributed by atoms with Crippen molar-refractivity contribution >= 4 is 65.8 Å². The average molecular weight is 484 g/mol. The maximum atomic E-state index is 12.9. The lowest BCUT2D eigenvalue weighted by Gasteiger charge is -2.20. The van der Waals surface area contributed by atoms with Crippen molar-refractivity contribution < 1.29 is 13.2 Å². The summed E-state index contributed by atoms with van der Waals surface area (Å²) in [6.07, 6.45) is 3.84. The minimum atomic E-state index is -3.55. The van der Waals surface area contributed by atoms with Crippen LogP contribution in [0.15, 0.2) is 41.3 Å². The lowest BCUT2D eigenvalue weighted by molar-refractivity contribution is 0.102. The Morgan fingerprint density at radius 2 is 1.70 bits per heavy atom. The second kappa shape index (κ2) is 8.80. The minimum Gasteiger partial charge on any atom is -0.298 e. The molecule has 1 fully saturated rings. The minimum absolute atomic E-state index is 0.197. The molecule has 6 nitrogen and oxygen atoms in total. The van der Waals surface area contributed by atoms with E-state index in [1.54, 1.807) is 12.1 Å². The van der Waals surface area contributed by atoms with Gasteiger partial charge in [-0.2, -0.15) is 4.31 Å². The van der Waals surface area contributed by atoms with Crippen molar-refractivity contribution in [2.24, 2.45) is 0 Å². The first-order chi connectivity index (χ1) is 14.3. The number of nitrogens with one attached hydrogen (secondary N) is 1. The maximum Gasteiger partial charge on any atom is 0.257 e. The highest BCUT2D eigenvalue weighted by Gasteiger charge is 2.25. The standard InChI is InChI=1S/C20H19Cl2N3O3S2/c21-14-11-16(22)18-17(12-14)29-20(23-18)24-19(26)13-5-7-15(8-6-13)30(27,28)25-9-3-1-2-4-10-25/h5-8,11-12H,1-4,9-10H2,(H,23,24,26). The normalized spacial score (nSPS) is 15.8. The molecule has 0 unspecified atom stereocenters. The van der Waals surface area contributed by atoms with Gasteiger partial charge < -0.3 is 0 Å². The van der Waals surface area contributed by atoms with Crippen LogP contribution in [0.5, 0.6) is 0 Å². The predicted octanol–water partition coefficient (Wildman–Crippen LogP) is 5.42. The molecular formula is C20H19Cl2N3O3S2. The summed E-state index contributed by atoms with van der Waals surface area (Å²) in [6.45, 7) is 1.07. The number of aromatic nitrogens is 1. The van der Waals surface area contributed by atoms with E-state index in [9.17, 15) is 13.2 Å². The number of benzene rings is 2. The number of fused-ring (bicyclic) bond motifs is 1.